The molecule has 1 aliphatic rings. The minimum absolute atomic E-state index is 0.0732. The smallest absolute Gasteiger partial charge is 0.269 e. The summed E-state index contributed by atoms with van der Waals surface area (Å²) in [5.41, 5.74) is 1.21. The molecule has 1 saturated heterocycles. The molecule has 2 aromatic heterocycles. The molecule has 0 atom stereocenters. The predicted molar refractivity (Wildman–Crippen MR) is 74.9 cm³/mol. The van der Waals surface area contributed by atoms with Crippen LogP contribution in [0.2, 0.25) is 0 Å². The number of ether oxygens (including phenoxy) is 1. The molecular weight excluding hydrogens is 258 g/mol. The number of nitrogens with zero attached hydrogens (tertiary/aromatic N) is 4. The highest BCUT2D eigenvalue weighted by Crippen LogP contribution is 2.24. The maximum Gasteiger partial charge on any atom is 0.269 e. The van der Waals surface area contributed by atoms with Crippen molar-refractivity contribution in [1.82, 2.24) is 19.9 Å². The maximum atomic E-state index is 12.0. The number of aromatic amines is 1. The molecule has 7 nitrogen and oxygen atoms in total. The van der Waals surface area contributed by atoms with Crippen molar-refractivity contribution in [3.63, 3.8) is 0 Å². The van der Waals surface area contributed by atoms with Gasteiger partial charge in [-0.1, -0.05) is 0 Å². The molecule has 3 rings (SSSR count). The number of H-pyrrole nitrogens is 1. The fraction of sp³-hybridized carbons (Fsp3) is 0.462. The van der Waals surface area contributed by atoms with Gasteiger partial charge < -0.3 is 19.5 Å². The lowest BCUT2D eigenvalue weighted by Crippen LogP contribution is -2.36. The summed E-state index contributed by atoms with van der Waals surface area (Å²) in [6.45, 7) is 2.99. The summed E-state index contributed by atoms with van der Waals surface area (Å²) >= 11 is 0. The number of nitrogens with one attached hydrogen (secondary N) is 1. The number of hydrogen-bond acceptors (Lipinski definition) is 5. The van der Waals surface area contributed by atoms with Gasteiger partial charge in [-0.25, -0.2) is 9.97 Å². The number of carbonyl (C=O) groups is 1. The highest BCUT2D eigenvalue weighted by atomic mass is 16.5. The van der Waals surface area contributed by atoms with Gasteiger partial charge >= 0.3 is 0 Å². The molecule has 0 spiro atoms. The van der Waals surface area contributed by atoms with E-state index in [4.69, 9.17) is 4.74 Å². The van der Waals surface area contributed by atoms with Crippen LogP contribution < -0.4 is 4.90 Å². The number of amides is 1. The lowest BCUT2D eigenvalue weighted by atomic mass is 10.3. The first-order valence-corrected chi connectivity index (χ1v) is 6.55. The second-order valence-electron chi connectivity index (χ2n) is 4.94. The Labute approximate surface area is 116 Å². The lowest BCUT2D eigenvalue weighted by molar-refractivity contribution is 0.0823. The summed E-state index contributed by atoms with van der Waals surface area (Å²) in [4.78, 5) is 27.3. The van der Waals surface area contributed by atoms with E-state index in [-0.39, 0.29) is 5.91 Å². The molecule has 0 bridgehead atoms. The van der Waals surface area contributed by atoms with Gasteiger partial charge in [0.05, 0.1) is 18.6 Å². The molecular formula is C13H17N5O2. The van der Waals surface area contributed by atoms with Gasteiger partial charge in [-0.15, -0.1) is 0 Å². The van der Waals surface area contributed by atoms with Crippen molar-refractivity contribution >= 4 is 22.8 Å². The Morgan fingerprint density at radius 3 is 2.80 bits per heavy atom. The molecule has 1 fully saturated rings. The van der Waals surface area contributed by atoms with E-state index in [1.54, 1.807) is 14.1 Å². The second kappa shape index (κ2) is 5.09. The van der Waals surface area contributed by atoms with Gasteiger partial charge in [0.1, 0.15) is 23.5 Å². The van der Waals surface area contributed by atoms with Crippen molar-refractivity contribution in [3.05, 3.63) is 18.1 Å². The number of carbonyl (C=O) groups excluding carboxylic acids is 1. The molecule has 1 amide bonds. The van der Waals surface area contributed by atoms with Crippen LogP contribution in [-0.2, 0) is 4.74 Å². The molecule has 2 aromatic rings. The van der Waals surface area contributed by atoms with Crippen molar-refractivity contribution in [3.8, 4) is 0 Å². The zero-order valence-corrected chi connectivity index (χ0v) is 11.6. The van der Waals surface area contributed by atoms with Crippen LogP contribution in [0.25, 0.3) is 11.0 Å². The first-order chi connectivity index (χ1) is 9.66. The molecule has 0 saturated carbocycles. The van der Waals surface area contributed by atoms with Crippen LogP contribution in [0.15, 0.2) is 12.4 Å². The number of hydrogen-bond donors (Lipinski definition) is 1. The highest BCUT2D eigenvalue weighted by molar-refractivity contribution is 5.99. The van der Waals surface area contributed by atoms with Crippen LogP contribution in [0.3, 0.4) is 0 Å². The average molecular weight is 275 g/mol. The zero-order valence-electron chi connectivity index (χ0n) is 11.6. The van der Waals surface area contributed by atoms with Crippen LogP contribution >= 0.6 is 0 Å². The fourth-order valence-electron chi connectivity index (χ4n) is 2.31. The number of fused-ring (bicyclic) bond motifs is 1. The summed E-state index contributed by atoms with van der Waals surface area (Å²) in [5.74, 6) is 0.781. The van der Waals surface area contributed by atoms with Crippen LogP contribution in [-0.4, -0.2) is 66.2 Å². The summed E-state index contributed by atoms with van der Waals surface area (Å²) in [6, 6.07) is 1.82. The average Bonchev–Trinajstić information content (AvgIpc) is 2.91. The molecule has 0 radical (unpaired) electrons. The van der Waals surface area contributed by atoms with Crippen molar-refractivity contribution in [2.75, 3.05) is 45.3 Å². The normalized spacial score (nSPS) is 15.6. The minimum atomic E-state index is -0.0732. The molecule has 0 aliphatic carbocycles. The van der Waals surface area contributed by atoms with E-state index in [0.29, 0.717) is 24.6 Å². The van der Waals surface area contributed by atoms with Crippen LogP contribution in [0.4, 0.5) is 5.82 Å². The van der Waals surface area contributed by atoms with E-state index in [9.17, 15) is 4.79 Å². The van der Waals surface area contributed by atoms with Crippen molar-refractivity contribution < 1.29 is 9.53 Å². The third-order valence-corrected chi connectivity index (χ3v) is 3.35. The highest BCUT2D eigenvalue weighted by Gasteiger charge is 2.19. The van der Waals surface area contributed by atoms with Gasteiger partial charge in [-0.3, -0.25) is 4.79 Å². The van der Waals surface area contributed by atoms with E-state index < -0.39 is 0 Å². The summed E-state index contributed by atoms with van der Waals surface area (Å²) in [7, 11) is 3.45. The molecule has 106 valence electrons. The zero-order chi connectivity index (χ0) is 14.1. The minimum Gasteiger partial charge on any atom is -0.378 e. The molecule has 20 heavy (non-hydrogen) atoms. The molecule has 0 unspecified atom stereocenters. The standard InChI is InChI=1S/C13H17N5O2/c1-17(2)13(19)10-7-9-11(16-10)14-8-15-12(9)18-3-5-20-6-4-18/h7-8H,3-6H2,1-2H3,(H,14,15,16). The van der Waals surface area contributed by atoms with Gasteiger partial charge in [0.2, 0.25) is 0 Å². The third-order valence-electron chi connectivity index (χ3n) is 3.35. The summed E-state index contributed by atoms with van der Waals surface area (Å²) in [6.07, 6.45) is 1.52. The lowest BCUT2D eigenvalue weighted by Gasteiger charge is -2.27. The van der Waals surface area contributed by atoms with Crippen molar-refractivity contribution in [2.24, 2.45) is 0 Å². The SMILES string of the molecule is CN(C)C(=O)c1cc2c(N3CCOCC3)ncnc2[nH]1. The van der Waals surface area contributed by atoms with Gasteiger partial charge in [0.25, 0.3) is 5.91 Å². The second-order valence-corrected chi connectivity index (χ2v) is 4.94. The molecule has 0 aromatic carbocycles. The van der Waals surface area contributed by atoms with Gasteiger partial charge in [0.15, 0.2) is 0 Å². The van der Waals surface area contributed by atoms with Crippen molar-refractivity contribution in [1.29, 1.82) is 0 Å². The van der Waals surface area contributed by atoms with E-state index >= 15 is 0 Å². The van der Waals surface area contributed by atoms with Gasteiger partial charge in [-0.05, 0) is 6.07 Å². The Kier molecular flexibility index (Phi) is 3.27. The number of anilines is 1. The number of rotatable bonds is 2. The Morgan fingerprint density at radius 1 is 1.35 bits per heavy atom. The topological polar surface area (TPSA) is 74.3 Å². The Balaban J connectivity index is 2.02. The third kappa shape index (κ3) is 2.20. The Morgan fingerprint density at radius 2 is 2.10 bits per heavy atom. The molecule has 3 heterocycles. The molecule has 1 aliphatic heterocycles. The largest absolute Gasteiger partial charge is 0.378 e. The van der Waals surface area contributed by atoms with Crippen molar-refractivity contribution in [2.45, 2.75) is 0 Å². The maximum absolute atomic E-state index is 12.0. The van der Waals surface area contributed by atoms with E-state index in [2.05, 4.69) is 19.9 Å². The summed E-state index contributed by atoms with van der Waals surface area (Å²) in [5, 5.41) is 0.875. The fourth-order valence-corrected chi connectivity index (χ4v) is 2.31. The first kappa shape index (κ1) is 12.9. The quantitative estimate of drug-likeness (QED) is 0.863. The van der Waals surface area contributed by atoms with Gasteiger partial charge in [-0.2, -0.15) is 0 Å². The van der Waals surface area contributed by atoms with Gasteiger partial charge in [0, 0.05) is 27.2 Å². The number of morpholine rings is 1. The van der Waals surface area contributed by atoms with E-state index in [1.807, 2.05) is 6.07 Å². The molecule has 1 N–H and O–H groups in total. The van der Waals surface area contributed by atoms with E-state index in [1.165, 1.54) is 11.2 Å². The van der Waals surface area contributed by atoms with Crippen LogP contribution in [0.5, 0.6) is 0 Å². The molecule has 7 heteroatoms. The monoisotopic (exact) mass is 275 g/mol. The number of aromatic nitrogens is 3. The Hall–Kier alpha value is -2.15. The van der Waals surface area contributed by atoms with Crippen LogP contribution in [0, 0.1) is 0 Å². The first-order valence-electron chi connectivity index (χ1n) is 6.55. The van der Waals surface area contributed by atoms with Crippen LogP contribution in [0.1, 0.15) is 10.5 Å². The Bertz CT molecular complexity index is 631. The predicted octanol–water partition coefficient (Wildman–Crippen LogP) is 0.496. The van der Waals surface area contributed by atoms with E-state index in [0.717, 1.165) is 24.3 Å². The summed E-state index contributed by atoms with van der Waals surface area (Å²) < 4.78 is 5.35.